The Morgan fingerprint density at radius 2 is 2.06 bits per heavy atom. The van der Waals surface area contributed by atoms with E-state index in [1.54, 1.807) is 0 Å². The van der Waals surface area contributed by atoms with Crippen LogP contribution in [0.25, 0.3) is 5.65 Å². The summed E-state index contributed by atoms with van der Waals surface area (Å²) in [7, 11) is 0. The van der Waals surface area contributed by atoms with Crippen LogP contribution in [0.1, 0.15) is 11.3 Å². The fraction of sp³-hybridized carbons (Fsp3) is 0.200. The fourth-order valence-corrected chi connectivity index (χ4v) is 1.43. The van der Waals surface area contributed by atoms with Crippen molar-refractivity contribution in [3.05, 3.63) is 46.0 Å². The summed E-state index contributed by atoms with van der Waals surface area (Å²) in [5.41, 5.74) is 4.19. The Hall–Kier alpha value is -1.89. The monoisotopic (exact) mass is 243 g/mol. The molecule has 7 heteroatoms. The van der Waals surface area contributed by atoms with Gasteiger partial charge >= 0.3 is 6.18 Å². The Balaban J connectivity index is 2.72. The molecule has 0 fully saturated rings. The molecular formula is C10H8F3N3O. The van der Waals surface area contributed by atoms with Crippen LogP contribution in [0.15, 0.2) is 29.2 Å². The first-order valence-corrected chi connectivity index (χ1v) is 4.71. The van der Waals surface area contributed by atoms with Crippen LogP contribution in [-0.2, 0) is 12.7 Å². The normalized spacial score (nSPS) is 12.0. The number of fused-ring (bicyclic) bond motifs is 1. The largest absolute Gasteiger partial charge is 0.416 e. The number of hydrogen-bond donors (Lipinski definition) is 1. The third kappa shape index (κ3) is 2.14. The minimum atomic E-state index is -4.46. The number of nitrogens with zero attached hydrogens (tertiary/aromatic N) is 2. The summed E-state index contributed by atoms with van der Waals surface area (Å²) in [6.07, 6.45) is -3.41. The summed E-state index contributed by atoms with van der Waals surface area (Å²) in [6.45, 7) is 0.00197. The van der Waals surface area contributed by atoms with Crippen LogP contribution in [0.4, 0.5) is 13.2 Å². The van der Waals surface area contributed by atoms with Crippen molar-refractivity contribution < 1.29 is 13.2 Å². The van der Waals surface area contributed by atoms with Crippen molar-refractivity contribution in [2.24, 2.45) is 5.73 Å². The van der Waals surface area contributed by atoms with Gasteiger partial charge in [0.05, 0.1) is 11.3 Å². The SMILES string of the molecule is NCc1cc(=O)n2ccc(C(F)(F)F)cc2n1. The predicted molar refractivity (Wildman–Crippen MR) is 54.4 cm³/mol. The second-order valence-corrected chi connectivity index (χ2v) is 3.43. The topological polar surface area (TPSA) is 60.4 Å². The molecule has 0 saturated heterocycles. The zero-order valence-corrected chi connectivity index (χ0v) is 8.53. The zero-order valence-electron chi connectivity index (χ0n) is 8.53. The van der Waals surface area contributed by atoms with Gasteiger partial charge in [0.25, 0.3) is 5.56 Å². The van der Waals surface area contributed by atoms with Gasteiger partial charge in [-0.2, -0.15) is 13.2 Å². The van der Waals surface area contributed by atoms with Gasteiger partial charge in [-0.3, -0.25) is 9.20 Å². The highest BCUT2D eigenvalue weighted by Gasteiger charge is 2.30. The number of pyridine rings is 1. The molecule has 0 atom stereocenters. The van der Waals surface area contributed by atoms with Crippen molar-refractivity contribution in [3.8, 4) is 0 Å². The lowest BCUT2D eigenvalue weighted by Crippen LogP contribution is -2.18. The van der Waals surface area contributed by atoms with E-state index in [1.807, 2.05) is 0 Å². The van der Waals surface area contributed by atoms with Gasteiger partial charge in [-0.15, -0.1) is 0 Å². The number of alkyl halides is 3. The van der Waals surface area contributed by atoms with Crippen molar-refractivity contribution in [2.45, 2.75) is 12.7 Å². The highest BCUT2D eigenvalue weighted by molar-refractivity contribution is 5.42. The van der Waals surface area contributed by atoms with Crippen LogP contribution < -0.4 is 11.3 Å². The Labute approximate surface area is 93.5 Å². The quantitative estimate of drug-likeness (QED) is 0.817. The Morgan fingerprint density at radius 1 is 1.35 bits per heavy atom. The molecule has 2 N–H and O–H groups in total. The van der Waals surface area contributed by atoms with Crippen LogP contribution in [0, 0.1) is 0 Å². The molecule has 0 aromatic carbocycles. The Morgan fingerprint density at radius 3 is 2.65 bits per heavy atom. The number of hydrogen-bond acceptors (Lipinski definition) is 3. The van der Waals surface area contributed by atoms with E-state index < -0.39 is 17.3 Å². The van der Waals surface area contributed by atoms with Crippen molar-refractivity contribution in [1.82, 2.24) is 9.38 Å². The van der Waals surface area contributed by atoms with E-state index in [-0.39, 0.29) is 17.9 Å². The lowest BCUT2D eigenvalue weighted by atomic mass is 10.2. The molecule has 2 aromatic rings. The molecule has 0 saturated carbocycles. The molecule has 0 bridgehead atoms. The van der Waals surface area contributed by atoms with E-state index in [0.717, 1.165) is 22.7 Å². The third-order valence-corrected chi connectivity index (χ3v) is 2.26. The molecule has 17 heavy (non-hydrogen) atoms. The Bertz CT molecular complexity index is 618. The van der Waals surface area contributed by atoms with E-state index in [9.17, 15) is 18.0 Å². The van der Waals surface area contributed by atoms with Crippen LogP contribution >= 0.6 is 0 Å². The molecule has 2 rings (SSSR count). The molecule has 4 nitrogen and oxygen atoms in total. The zero-order chi connectivity index (χ0) is 12.6. The highest BCUT2D eigenvalue weighted by Crippen LogP contribution is 2.29. The predicted octanol–water partition coefficient (Wildman–Crippen LogP) is 1.17. The first-order chi connectivity index (χ1) is 7.91. The molecule has 0 spiro atoms. The first-order valence-electron chi connectivity index (χ1n) is 4.71. The van der Waals surface area contributed by atoms with Gasteiger partial charge in [0.1, 0.15) is 5.65 Å². The average molecular weight is 243 g/mol. The molecule has 0 aliphatic rings. The van der Waals surface area contributed by atoms with Crippen LogP contribution in [-0.4, -0.2) is 9.38 Å². The molecule has 2 heterocycles. The average Bonchev–Trinajstić information content (AvgIpc) is 2.27. The summed E-state index contributed by atoms with van der Waals surface area (Å²) in [6, 6.07) is 2.85. The maximum atomic E-state index is 12.5. The van der Waals surface area contributed by atoms with Crippen LogP contribution in [0.2, 0.25) is 0 Å². The van der Waals surface area contributed by atoms with Gasteiger partial charge in [0.15, 0.2) is 0 Å². The number of halogens is 3. The van der Waals surface area contributed by atoms with Gasteiger partial charge in [-0.1, -0.05) is 0 Å². The smallest absolute Gasteiger partial charge is 0.325 e. The standard InChI is InChI=1S/C10H8F3N3O/c11-10(12,13)6-1-2-16-8(3-6)15-7(5-14)4-9(16)17/h1-4H,5,14H2. The van der Waals surface area contributed by atoms with Gasteiger partial charge < -0.3 is 5.73 Å². The van der Waals surface area contributed by atoms with E-state index in [4.69, 9.17) is 5.73 Å². The fourth-order valence-electron chi connectivity index (χ4n) is 1.43. The minimum Gasteiger partial charge on any atom is -0.325 e. The van der Waals surface area contributed by atoms with Gasteiger partial charge in [-0.05, 0) is 12.1 Å². The van der Waals surface area contributed by atoms with E-state index in [1.165, 1.54) is 6.07 Å². The summed E-state index contributed by atoms with van der Waals surface area (Å²) in [5, 5.41) is 0. The lowest BCUT2D eigenvalue weighted by molar-refractivity contribution is -0.137. The minimum absolute atomic E-state index is 0.00197. The number of rotatable bonds is 1. The van der Waals surface area contributed by atoms with Crippen molar-refractivity contribution in [1.29, 1.82) is 0 Å². The molecule has 0 amide bonds. The summed E-state index contributed by atoms with van der Waals surface area (Å²) in [5.74, 6) is 0. The maximum Gasteiger partial charge on any atom is 0.416 e. The third-order valence-electron chi connectivity index (χ3n) is 2.26. The van der Waals surface area contributed by atoms with Crippen LogP contribution in [0.3, 0.4) is 0 Å². The molecule has 0 radical (unpaired) electrons. The molecular weight excluding hydrogens is 235 g/mol. The molecule has 0 aliphatic carbocycles. The van der Waals surface area contributed by atoms with Gasteiger partial charge in [-0.25, -0.2) is 4.98 Å². The summed E-state index contributed by atoms with van der Waals surface area (Å²) in [4.78, 5) is 15.4. The molecule has 90 valence electrons. The van der Waals surface area contributed by atoms with E-state index in [0.29, 0.717) is 0 Å². The Kier molecular flexibility index (Phi) is 2.62. The molecule has 0 aliphatic heterocycles. The molecule has 2 aromatic heterocycles. The number of aromatic nitrogens is 2. The second kappa shape index (κ2) is 3.85. The van der Waals surface area contributed by atoms with Crippen molar-refractivity contribution in [3.63, 3.8) is 0 Å². The first kappa shape index (κ1) is 11.6. The summed E-state index contributed by atoms with van der Waals surface area (Å²) >= 11 is 0. The van der Waals surface area contributed by atoms with Gasteiger partial charge in [0, 0.05) is 18.8 Å². The van der Waals surface area contributed by atoms with E-state index in [2.05, 4.69) is 4.98 Å². The van der Waals surface area contributed by atoms with E-state index >= 15 is 0 Å². The molecule has 0 unspecified atom stereocenters. The van der Waals surface area contributed by atoms with Crippen LogP contribution in [0.5, 0.6) is 0 Å². The van der Waals surface area contributed by atoms with Gasteiger partial charge in [0.2, 0.25) is 0 Å². The highest BCUT2D eigenvalue weighted by atomic mass is 19.4. The maximum absolute atomic E-state index is 12.5. The van der Waals surface area contributed by atoms with Crippen molar-refractivity contribution >= 4 is 5.65 Å². The lowest BCUT2D eigenvalue weighted by Gasteiger charge is -2.08. The second-order valence-electron chi connectivity index (χ2n) is 3.43. The van der Waals surface area contributed by atoms with Crippen molar-refractivity contribution in [2.75, 3.05) is 0 Å². The number of nitrogens with two attached hydrogens (primary N) is 1. The summed E-state index contributed by atoms with van der Waals surface area (Å²) < 4.78 is 38.4.